The van der Waals surface area contributed by atoms with Crippen LogP contribution in [0.2, 0.25) is 0 Å². The molecule has 0 unspecified atom stereocenters. The summed E-state index contributed by atoms with van der Waals surface area (Å²) in [5, 5.41) is 0. The van der Waals surface area contributed by atoms with Crippen molar-refractivity contribution in [2.24, 2.45) is 5.73 Å². The van der Waals surface area contributed by atoms with Gasteiger partial charge in [0.1, 0.15) is 0 Å². The zero-order valence-electron chi connectivity index (χ0n) is 11.6. The van der Waals surface area contributed by atoms with Gasteiger partial charge in [-0.05, 0) is 37.8 Å². The van der Waals surface area contributed by atoms with Gasteiger partial charge in [-0.3, -0.25) is 4.79 Å². The summed E-state index contributed by atoms with van der Waals surface area (Å²) in [4.78, 5) is 11.0. The highest BCUT2D eigenvalue weighted by atomic mass is 19.4. The third-order valence-corrected chi connectivity index (χ3v) is 3.32. The number of alkyl halides is 3. The molecule has 0 aromatic heterocycles. The Hall–Kier alpha value is -1.78. The summed E-state index contributed by atoms with van der Waals surface area (Å²) >= 11 is 0. The molecule has 5 heteroatoms. The molecular formula is C15H18F3NO. The molecule has 2 nitrogen and oxygen atoms in total. The van der Waals surface area contributed by atoms with Crippen LogP contribution in [0, 0.1) is 0 Å². The van der Waals surface area contributed by atoms with Gasteiger partial charge in [-0.1, -0.05) is 29.8 Å². The largest absolute Gasteiger partial charge is 0.412 e. The zero-order chi connectivity index (χ0) is 15.3. The molecule has 0 heterocycles. The number of rotatable bonds is 5. The number of allylic oxidation sites excluding steroid dienone is 2. The van der Waals surface area contributed by atoms with Crippen molar-refractivity contribution in [2.75, 3.05) is 0 Å². The van der Waals surface area contributed by atoms with Crippen molar-refractivity contribution in [3.8, 4) is 0 Å². The van der Waals surface area contributed by atoms with Gasteiger partial charge in [-0.2, -0.15) is 13.2 Å². The maximum Gasteiger partial charge on any atom is 0.412 e. The molecule has 0 radical (unpaired) electrons. The Morgan fingerprint density at radius 3 is 2.20 bits per heavy atom. The molecule has 20 heavy (non-hydrogen) atoms. The summed E-state index contributed by atoms with van der Waals surface area (Å²) in [5.74, 6) is -0.448. The first kappa shape index (κ1) is 16.3. The monoisotopic (exact) mass is 285 g/mol. The average molecular weight is 285 g/mol. The third-order valence-electron chi connectivity index (χ3n) is 3.32. The Morgan fingerprint density at radius 2 is 1.70 bits per heavy atom. The lowest BCUT2D eigenvalue weighted by molar-refractivity contribution is -0.117. The predicted molar refractivity (Wildman–Crippen MR) is 72.1 cm³/mol. The van der Waals surface area contributed by atoms with Gasteiger partial charge in [-0.25, -0.2) is 0 Å². The van der Waals surface area contributed by atoms with E-state index in [1.54, 1.807) is 18.2 Å². The lowest BCUT2D eigenvalue weighted by atomic mass is 9.96. The fraction of sp³-hybridized carbons (Fsp3) is 0.400. The second kappa shape index (κ2) is 6.59. The van der Waals surface area contributed by atoms with Crippen LogP contribution in [0.4, 0.5) is 13.2 Å². The fourth-order valence-corrected chi connectivity index (χ4v) is 1.91. The summed E-state index contributed by atoms with van der Waals surface area (Å²) in [6.45, 7) is 2.57. The number of aryl methyl sites for hydroxylation is 1. The molecule has 110 valence electrons. The molecule has 0 aliphatic rings. The molecule has 0 bridgehead atoms. The van der Waals surface area contributed by atoms with E-state index in [4.69, 9.17) is 5.73 Å². The van der Waals surface area contributed by atoms with Gasteiger partial charge in [0.25, 0.3) is 0 Å². The van der Waals surface area contributed by atoms with E-state index in [2.05, 4.69) is 0 Å². The summed E-state index contributed by atoms with van der Waals surface area (Å²) in [6, 6.07) is 7.17. The predicted octanol–water partition coefficient (Wildman–Crippen LogP) is 3.55. The molecule has 2 N–H and O–H groups in total. The van der Waals surface area contributed by atoms with E-state index in [1.165, 1.54) is 6.92 Å². The zero-order valence-corrected chi connectivity index (χ0v) is 11.6. The van der Waals surface area contributed by atoms with Crippen LogP contribution in [0.5, 0.6) is 0 Å². The Morgan fingerprint density at radius 1 is 1.15 bits per heavy atom. The van der Waals surface area contributed by atoms with Crippen molar-refractivity contribution < 1.29 is 18.0 Å². The number of hydrogen-bond acceptors (Lipinski definition) is 1. The lowest BCUT2D eigenvalue weighted by Gasteiger charge is -2.13. The lowest BCUT2D eigenvalue weighted by Crippen LogP contribution is -2.15. The van der Waals surface area contributed by atoms with Crippen LogP contribution in [0.25, 0.3) is 0 Å². The molecule has 0 fully saturated rings. The average Bonchev–Trinajstić information content (AvgIpc) is 2.34. The van der Waals surface area contributed by atoms with Crippen LogP contribution in [0.15, 0.2) is 35.4 Å². The normalized spacial score (nSPS) is 13.1. The number of hydrogen-bond donors (Lipinski definition) is 1. The number of amides is 1. The topological polar surface area (TPSA) is 43.1 Å². The fourth-order valence-electron chi connectivity index (χ4n) is 1.91. The van der Waals surface area contributed by atoms with E-state index in [-0.39, 0.29) is 6.42 Å². The molecular weight excluding hydrogens is 267 g/mol. The highest BCUT2D eigenvalue weighted by Gasteiger charge is 2.31. The van der Waals surface area contributed by atoms with Crippen LogP contribution >= 0.6 is 0 Å². The van der Waals surface area contributed by atoms with Gasteiger partial charge < -0.3 is 5.73 Å². The Balaban J connectivity index is 2.83. The van der Waals surface area contributed by atoms with Crippen LogP contribution in [0.1, 0.15) is 31.4 Å². The van der Waals surface area contributed by atoms with E-state index in [0.717, 1.165) is 18.1 Å². The van der Waals surface area contributed by atoms with E-state index in [1.807, 2.05) is 6.07 Å². The SMILES string of the molecule is CC(CCc1ccccc1CC(N)=O)=C(C)C(F)(F)F. The Labute approximate surface area is 116 Å². The standard InChI is InChI=1S/C15H18F3NO/c1-10(11(2)15(16,17)18)7-8-12-5-3-4-6-13(12)9-14(19)20/h3-6H,7-9H2,1-2H3,(H2,19,20). The number of carbonyl (C=O) groups excluding carboxylic acids is 1. The van der Waals surface area contributed by atoms with Gasteiger partial charge in [0.05, 0.1) is 6.42 Å². The third kappa shape index (κ3) is 4.72. The van der Waals surface area contributed by atoms with Crippen molar-refractivity contribution in [1.29, 1.82) is 0 Å². The van der Waals surface area contributed by atoms with E-state index < -0.39 is 17.7 Å². The van der Waals surface area contributed by atoms with Crippen molar-refractivity contribution in [3.63, 3.8) is 0 Å². The molecule has 0 atom stereocenters. The number of nitrogens with two attached hydrogens (primary N) is 1. The molecule has 1 rings (SSSR count). The van der Waals surface area contributed by atoms with Crippen LogP contribution in [0.3, 0.4) is 0 Å². The highest BCUT2D eigenvalue weighted by Crippen LogP contribution is 2.29. The number of benzene rings is 1. The number of halogens is 3. The van der Waals surface area contributed by atoms with Crippen molar-refractivity contribution in [1.82, 2.24) is 0 Å². The van der Waals surface area contributed by atoms with Crippen molar-refractivity contribution in [3.05, 3.63) is 46.5 Å². The van der Waals surface area contributed by atoms with Crippen molar-refractivity contribution in [2.45, 2.75) is 39.3 Å². The molecule has 0 spiro atoms. The molecule has 1 aromatic carbocycles. The van der Waals surface area contributed by atoms with Gasteiger partial charge in [0.15, 0.2) is 0 Å². The van der Waals surface area contributed by atoms with Crippen LogP contribution in [-0.2, 0) is 17.6 Å². The number of carbonyl (C=O) groups is 1. The van der Waals surface area contributed by atoms with E-state index >= 15 is 0 Å². The van der Waals surface area contributed by atoms with E-state index in [0.29, 0.717) is 18.4 Å². The minimum Gasteiger partial charge on any atom is -0.369 e. The first-order valence-corrected chi connectivity index (χ1v) is 6.30. The first-order valence-electron chi connectivity index (χ1n) is 6.30. The summed E-state index contributed by atoms with van der Waals surface area (Å²) in [7, 11) is 0. The maximum absolute atomic E-state index is 12.6. The van der Waals surface area contributed by atoms with Gasteiger partial charge in [-0.15, -0.1) is 0 Å². The molecule has 0 saturated carbocycles. The number of primary amides is 1. The second-order valence-electron chi connectivity index (χ2n) is 4.81. The minimum atomic E-state index is -4.28. The quantitative estimate of drug-likeness (QED) is 0.826. The minimum absolute atomic E-state index is 0.108. The van der Waals surface area contributed by atoms with Crippen LogP contribution < -0.4 is 5.73 Å². The van der Waals surface area contributed by atoms with Gasteiger partial charge in [0, 0.05) is 5.57 Å². The molecule has 1 aromatic rings. The van der Waals surface area contributed by atoms with Crippen molar-refractivity contribution >= 4 is 5.91 Å². The maximum atomic E-state index is 12.6. The molecule has 0 aliphatic carbocycles. The summed E-state index contributed by atoms with van der Waals surface area (Å²) in [6.07, 6.45) is -3.40. The second-order valence-corrected chi connectivity index (χ2v) is 4.81. The van der Waals surface area contributed by atoms with E-state index in [9.17, 15) is 18.0 Å². The Bertz CT molecular complexity index is 518. The smallest absolute Gasteiger partial charge is 0.369 e. The van der Waals surface area contributed by atoms with Gasteiger partial charge >= 0.3 is 6.18 Å². The summed E-state index contributed by atoms with van der Waals surface area (Å²) < 4.78 is 37.7. The summed E-state index contributed by atoms with van der Waals surface area (Å²) in [5.41, 5.74) is 6.56. The highest BCUT2D eigenvalue weighted by molar-refractivity contribution is 5.77. The Kier molecular flexibility index (Phi) is 5.36. The molecule has 0 aliphatic heterocycles. The van der Waals surface area contributed by atoms with Gasteiger partial charge in [0.2, 0.25) is 5.91 Å². The molecule has 1 amide bonds. The first-order chi connectivity index (χ1) is 9.21. The molecule has 0 saturated heterocycles. The van der Waals surface area contributed by atoms with Crippen LogP contribution in [-0.4, -0.2) is 12.1 Å².